The number of rotatable bonds is 3. The summed E-state index contributed by atoms with van der Waals surface area (Å²) in [7, 11) is 0. The van der Waals surface area contributed by atoms with E-state index in [2.05, 4.69) is 10.6 Å². The maximum absolute atomic E-state index is 12.4. The first-order valence-corrected chi connectivity index (χ1v) is 6.62. The number of hydrogen-bond donors (Lipinski definition) is 2. The van der Waals surface area contributed by atoms with Gasteiger partial charge in [-0.25, -0.2) is 4.79 Å². The molecule has 0 radical (unpaired) electrons. The zero-order valence-electron chi connectivity index (χ0n) is 11.8. The van der Waals surface area contributed by atoms with Crippen molar-refractivity contribution in [3.63, 3.8) is 0 Å². The molecule has 2 N–H and O–H groups in total. The Hall–Kier alpha value is -2.17. The molecule has 0 aliphatic carbocycles. The molecule has 0 saturated carbocycles. The Balaban J connectivity index is 2.52. The van der Waals surface area contributed by atoms with Crippen LogP contribution in [0.15, 0.2) is 30.3 Å². The number of carbonyl (C=O) groups is 3. The van der Waals surface area contributed by atoms with Gasteiger partial charge in [-0.2, -0.15) is 0 Å². The van der Waals surface area contributed by atoms with Crippen LogP contribution in [-0.2, 0) is 9.59 Å². The van der Waals surface area contributed by atoms with E-state index in [4.69, 9.17) is 0 Å². The van der Waals surface area contributed by atoms with Gasteiger partial charge < -0.3 is 0 Å². The summed E-state index contributed by atoms with van der Waals surface area (Å²) in [5.41, 5.74) is -0.393. The van der Waals surface area contributed by atoms with Gasteiger partial charge in [0, 0.05) is 5.92 Å². The molecule has 1 fully saturated rings. The largest absolute Gasteiger partial charge is 0.328 e. The minimum atomic E-state index is -1.28. The summed E-state index contributed by atoms with van der Waals surface area (Å²) in [6.45, 7) is 5.47. The Bertz CT molecular complexity index is 531. The van der Waals surface area contributed by atoms with Crippen LogP contribution in [0.2, 0.25) is 0 Å². The monoisotopic (exact) mass is 274 g/mol. The lowest BCUT2D eigenvalue weighted by atomic mass is 9.64. The van der Waals surface area contributed by atoms with Crippen molar-refractivity contribution in [3.8, 4) is 0 Å². The topological polar surface area (TPSA) is 75.3 Å². The van der Waals surface area contributed by atoms with Gasteiger partial charge in [0.1, 0.15) is 5.41 Å². The third-order valence-corrected chi connectivity index (χ3v) is 4.10. The van der Waals surface area contributed by atoms with Gasteiger partial charge in [0.05, 0.1) is 0 Å². The molecule has 5 heteroatoms. The molecule has 4 amide bonds. The van der Waals surface area contributed by atoms with E-state index in [1.165, 1.54) is 0 Å². The van der Waals surface area contributed by atoms with Gasteiger partial charge in [0.2, 0.25) is 11.8 Å². The molecular weight excluding hydrogens is 256 g/mol. The summed E-state index contributed by atoms with van der Waals surface area (Å²) in [6.07, 6.45) is 0. The van der Waals surface area contributed by atoms with Crippen molar-refractivity contribution < 1.29 is 14.4 Å². The number of benzene rings is 1. The van der Waals surface area contributed by atoms with Crippen molar-refractivity contribution in [2.24, 2.45) is 11.3 Å². The Labute approximate surface area is 117 Å². The smallest absolute Gasteiger partial charge is 0.277 e. The molecule has 20 heavy (non-hydrogen) atoms. The molecular formula is C15H18N2O3. The van der Waals surface area contributed by atoms with Crippen LogP contribution in [0.4, 0.5) is 4.79 Å². The molecule has 2 rings (SSSR count). The maximum Gasteiger partial charge on any atom is 0.328 e. The quantitative estimate of drug-likeness (QED) is 0.825. The molecule has 106 valence electrons. The molecule has 0 bridgehead atoms. The number of urea groups is 1. The van der Waals surface area contributed by atoms with Crippen LogP contribution in [0.25, 0.3) is 0 Å². The lowest BCUT2D eigenvalue weighted by molar-refractivity contribution is -0.149. The van der Waals surface area contributed by atoms with Crippen LogP contribution in [0, 0.1) is 11.3 Å². The van der Waals surface area contributed by atoms with Crippen molar-refractivity contribution >= 4 is 17.8 Å². The lowest BCUT2D eigenvalue weighted by Crippen LogP contribution is -2.66. The zero-order chi connectivity index (χ0) is 14.9. The molecule has 0 unspecified atom stereocenters. The molecule has 1 aromatic rings. The highest BCUT2D eigenvalue weighted by atomic mass is 16.2. The molecule has 1 atom stereocenters. The third kappa shape index (κ3) is 1.99. The van der Waals surface area contributed by atoms with Gasteiger partial charge in [0.25, 0.3) is 0 Å². The van der Waals surface area contributed by atoms with Crippen molar-refractivity contribution in [2.75, 3.05) is 0 Å². The van der Waals surface area contributed by atoms with E-state index in [9.17, 15) is 14.4 Å². The summed E-state index contributed by atoms with van der Waals surface area (Å²) < 4.78 is 0. The fourth-order valence-electron chi connectivity index (χ4n) is 2.97. The SMILES string of the molecule is CC(C)C1([C@@H](C)c2ccccc2)C(=O)NC(=O)NC1=O. The summed E-state index contributed by atoms with van der Waals surface area (Å²) in [5, 5.41) is 4.45. The normalized spacial score (nSPS) is 19.5. The molecule has 5 nitrogen and oxygen atoms in total. The Kier molecular flexibility index (Phi) is 3.61. The Morgan fingerprint density at radius 3 is 1.85 bits per heavy atom. The van der Waals surface area contributed by atoms with E-state index < -0.39 is 23.3 Å². The van der Waals surface area contributed by atoms with Crippen LogP contribution in [0.1, 0.15) is 32.3 Å². The third-order valence-electron chi connectivity index (χ3n) is 4.10. The highest BCUT2D eigenvalue weighted by Gasteiger charge is 2.56. The number of carbonyl (C=O) groups excluding carboxylic acids is 3. The Morgan fingerprint density at radius 2 is 1.40 bits per heavy atom. The molecule has 1 heterocycles. The lowest BCUT2D eigenvalue weighted by Gasteiger charge is -2.41. The Morgan fingerprint density at radius 1 is 0.900 bits per heavy atom. The van der Waals surface area contributed by atoms with E-state index in [0.29, 0.717) is 0 Å². The van der Waals surface area contributed by atoms with Crippen LogP contribution in [0.5, 0.6) is 0 Å². The van der Waals surface area contributed by atoms with Crippen LogP contribution in [-0.4, -0.2) is 17.8 Å². The molecule has 1 aromatic carbocycles. The zero-order valence-corrected chi connectivity index (χ0v) is 11.8. The first-order chi connectivity index (χ1) is 9.40. The number of amides is 4. The van der Waals surface area contributed by atoms with Gasteiger partial charge in [-0.3, -0.25) is 20.2 Å². The first-order valence-electron chi connectivity index (χ1n) is 6.62. The van der Waals surface area contributed by atoms with Gasteiger partial charge in [-0.1, -0.05) is 51.1 Å². The van der Waals surface area contributed by atoms with E-state index in [0.717, 1.165) is 5.56 Å². The van der Waals surface area contributed by atoms with Gasteiger partial charge in [-0.15, -0.1) is 0 Å². The predicted molar refractivity (Wildman–Crippen MR) is 73.8 cm³/mol. The maximum atomic E-state index is 12.4. The standard InChI is InChI=1S/C15H18N2O3/c1-9(2)15(10(3)11-7-5-4-6-8-11)12(18)16-14(20)17-13(15)19/h4-10H,1-3H3,(H2,16,17,18,19,20)/t10-/m0/s1. The van der Waals surface area contributed by atoms with E-state index in [1.54, 1.807) is 0 Å². The van der Waals surface area contributed by atoms with E-state index in [1.807, 2.05) is 51.1 Å². The number of hydrogen-bond acceptors (Lipinski definition) is 3. The first kappa shape index (κ1) is 14.2. The van der Waals surface area contributed by atoms with Gasteiger partial charge in [-0.05, 0) is 11.5 Å². The van der Waals surface area contributed by atoms with Gasteiger partial charge in [0.15, 0.2) is 0 Å². The number of nitrogens with one attached hydrogen (secondary N) is 2. The fraction of sp³-hybridized carbons (Fsp3) is 0.400. The summed E-state index contributed by atoms with van der Waals surface area (Å²) in [6, 6.07) is 8.62. The molecule has 1 aliphatic heterocycles. The average molecular weight is 274 g/mol. The van der Waals surface area contributed by atoms with Crippen LogP contribution < -0.4 is 10.6 Å². The minimum Gasteiger partial charge on any atom is -0.277 e. The molecule has 1 saturated heterocycles. The van der Waals surface area contributed by atoms with Crippen molar-refractivity contribution in [2.45, 2.75) is 26.7 Å². The van der Waals surface area contributed by atoms with E-state index in [-0.39, 0.29) is 11.8 Å². The average Bonchev–Trinajstić information content (AvgIpc) is 2.38. The number of imide groups is 2. The highest BCUT2D eigenvalue weighted by molar-refractivity contribution is 6.19. The van der Waals surface area contributed by atoms with Crippen molar-refractivity contribution in [3.05, 3.63) is 35.9 Å². The minimum absolute atomic E-state index is 0.245. The molecule has 0 aromatic heterocycles. The van der Waals surface area contributed by atoms with Crippen molar-refractivity contribution in [1.82, 2.24) is 10.6 Å². The van der Waals surface area contributed by atoms with Gasteiger partial charge >= 0.3 is 6.03 Å². The van der Waals surface area contributed by atoms with Crippen LogP contribution in [0.3, 0.4) is 0 Å². The summed E-state index contributed by atoms with van der Waals surface area (Å²) in [4.78, 5) is 36.1. The van der Waals surface area contributed by atoms with Crippen molar-refractivity contribution in [1.29, 1.82) is 0 Å². The second-order valence-corrected chi connectivity index (χ2v) is 5.39. The highest BCUT2D eigenvalue weighted by Crippen LogP contribution is 2.43. The summed E-state index contributed by atoms with van der Waals surface area (Å²) in [5.74, 6) is -1.64. The molecule has 1 aliphatic rings. The number of barbiturate groups is 1. The predicted octanol–water partition coefficient (Wildman–Crippen LogP) is 1.80. The molecule has 0 spiro atoms. The second kappa shape index (κ2) is 5.07. The van der Waals surface area contributed by atoms with Crippen LogP contribution >= 0.6 is 0 Å². The fourth-order valence-corrected chi connectivity index (χ4v) is 2.97. The second-order valence-electron chi connectivity index (χ2n) is 5.39. The van der Waals surface area contributed by atoms with E-state index >= 15 is 0 Å². The summed E-state index contributed by atoms with van der Waals surface area (Å²) >= 11 is 0.